The number of alkyl halides is 3. The van der Waals surface area contributed by atoms with Crippen LogP contribution >= 0.6 is 0 Å². The third kappa shape index (κ3) is 5.04. The lowest BCUT2D eigenvalue weighted by atomic mass is 10.1. The van der Waals surface area contributed by atoms with Crippen LogP contribution < -0.4 is 0 Å². The summed E-state index contributed by atoms with van der Waals surface area (Å²) in [6.45, 7) is 4.03. The van der Waals surface area contributed by atoms with Gasteiger partial charge in [-0.1, -0.05) is 20.8 Å². The van der Waals surface area contributed by atoms with E-state index in [2.05, 4.69) is 0 Å². The van der Waals surface area contributed by atoms with Crippen LogP contribution in [-0.4, -0.2) is 29.6 Å². The third-order valence-electron chi connectivity index (χ3n) is 2.36. The molecule has 0 unspecified atom stereocenters. The fourth-order valence-corrected chi connectivity index (χ4v) is 1.55. The zero-order valence-electron chi connectivity index (χ0n) is 9.40. The van der Waals surface area contributed by atoms with Gasteiger partial charge in [0.1, 0.15) is 6.54 Å². The molecule has 90 valence electrons. The van der Waals surface area contributed by atoms with Crippen molar-refractivity contribution in [3.05, 3.63) is 0 Å². The predicted octanol–water partition coefficient (Wildman–Crippen LogP) is 2.98. The van der Waals surface area contributed by atoms with E-state index in [1.165, 1.54) is 0 Å². The molecule has 0 fully saturated rings. The Bertz CT molecular complexity index is 199. The van der Waals surface area contributed by atoms with Gasteiger partial charge >= 0.3 is 6.18 Å². The van der Waals surface area contributed by atoms with Crippen molar-refractivity contribution >= 4 is 5.91 Å². The minimum atomic E-state index is -4.31. The monoisotopic (exact) mass is 225 g/mol. The van der Waals surface area contributed by atoms with Crippen molar-refractivity contribution in [2.45, 2.75) is 52.3 Å². The summed E-state index contributed by atoms with van der Waals surface area (Å²) in [6.07, 6.45) is -3.09. The molecule has 0 aromatic rings. The molecule has 0 aliphatic heterocycles. The average Bonchev–Trinajstić information content (AvgIpc) is 2.15. The number of carbonyl (C=O) groups is 1. The van der Waals surface area contributed by atoms with Crippen LogP contribution in [0.1, 0.15) is 40.0 Å². The first kappa shape index (κ1) is 14.3. The second-order valence-corrected chi connectivity index (χ2v) is 3.46. The molecule has 0 bridgehead atoms. The van der Waals surface area contributed by atoms with Crippen LogP contribution in [0.5, 0.6) is 0 Å². The van der Waals surface area contributed by atoms with Crippen LogP contribution in [0.2, 0.25) is 0 Å². The van der Waals surface area contributed by atoms with Crippen molar-refractivity contribution < 1.29 is 18.0 Å². The summed E-state index contributed by atoms with van der Waals surface area (Å²) in [6, 6.07) is -0.306. The van der Waals surface area contributed by atoms with Gasteiger partial charge in [-0.3, -0.25) is 4.79 Å². The fraction of sp³-hybridized carbons (Fsp3) is 0.900. The Balaban J connectivity index is 4.64. The van der Waals surface area contributed by atoms with Crippen molar-refractivity contribution in [1.29, 1.82) is 0 Å². The molecular weight excluding hydrogens is 207 g/mol. The summed E-state index contributed by atoms with van der Waals surface area (Å²) >= 11 is 0. The molecule has 0 heterocycles. The average molecular weight is 225 g/mol. The summed E-state index contributed by atoms with van der Waals surface area (Å²) in [7, 11) is 0. The highest BCUT2D eigenvalue weighted by molar-refractivity contribution is 5.76. The van der Waals surface area contributed by atoms with E-state index in [4.69, 9.17) is 0 Å². The van der Waals surface area contributed by atoms with Crippen LogP contribution in [0.25, 0.3) is 0 Å². The van der Waals surface area contributed by atoms with Gasteiger partial charge in [0.05, 0.1) is 0 Å². The second kappa shape index (κ2) is 5.98. The van der Waals surface area contributed by atoms with Gasteiger partial charge in [-0.2, -0.15) is 13.2 Å². The molecule has 2 nitrogen and oxygen atoms in total. The normalized spacial score (nSPS) is 11.9. The number of carbonyl (C=O) groups excluding carboxylic acids is 1. The Hall–Kier alpha value is -0.740. The molecule has 0 radical (unpaired) electrons. The van der Waals surface area contributed by atoms with E-state index in [0.717, 1.165) is 4.90 Å². The maximum Gasteiger partial charge on any atom is 0.406 e. The van der Waals surface area contributed by atoms with Gasteiger partial charge in [-0.05, 0) is 12.8 Å². The Morgan fingerprint density at radius 3 is 1.93 bits per heavy atom. The van der Waals surface area contributed by atoms with Gasteiger partial charge in [0.2, 0.25) is 5.91 Å². The van der Waals surface area contributed by atoms with Crippen LogP contribution in [0.15, 0.2) is 0 Å². The topological polar surface area (TPSA) is 20.3 Å². The molecule has 0 aromatic heterocycles. The van der Waals surface area contributed by atoms with Crippen molar-refractivity contribution in [3.8, 4) is 0 Å². The van der Waals surface area contributed by atoms with Crippen LogP contribution in [0.4, 0.5) is 13.2 Å². The Morgan fingerprint density at radius 2 is 1.67 bits per heavy atom. The summed E-state index contributed by atoms with van der Waals surface area (Å²) in [5.74, 6) is -0.430. The first-order chi connectivity index (χ1) is 6.85. The summed E-state index contributed by atoms with van der Waals surface area (Å²) < 4.78 is 36.7. The summed E-state index contributed by atoms with van der Waals surface area (Å²) in [5.41, 5.74) is 0. The van der Waals surface area contributed by atoms with Crippen molar-refractivity contribution in [2.75, 3.05) is 6.54 Å². The molecule has 0 saturated heterocycles. The molecule has 0 rings (SSSR count). The summed E-state index contributed by atoms with van der Waals surface area (Å²) in [5, 5.41) is 0. The van der Waals surface area contributed by atoms with Gasteiger partial charge in [0.15, 0.2) is 0 Å². The highest BCUT2D eigenvalue weighted by Gasteiger charge is 2.34. The van der Waals surface area contributed by atoms with Gasteiger partial charge in [-0.25, -0.2) is 0 Å². The molecule has 15 heavy (non-hydrogen) atoms. The quantitative estimate of drug-likeness (QED) is 0.704. The Kier molecular flexibility index (Phi) is 5.68. The van der Waals surface area contributed by atoms with Gasteiger partial charge in [0.25, 0.3) is 0 Å². The predicted molar refractivity (Wildman–Crippen MR) is 52.4 cm³/mol. The van der Waals surface area contributed by atoms with Gasteiger partial charge in [-0.15, -0.1) is 0 Å². The Morgan fingerprint density at radius 1 is 1.20 bits per heavy atom. The molecule has 0 aromatic carbocycles. The van der Waals surface area contributed by atoms with E-state index in [0.29, 0.717) is 12.8 Å². The standard InChI is InChI=1S/C10H18F3NO/c1-4-8(5-2)14(9(15)6-3)7-10(11,12)13/h8H,4-7H2,1-3H3. The molecule has 5 heteroatoms. The molecule has 0 atom stereocenters. The molecule has 0 aliphatic rings. The van der Waals surface area contributed by atoms with Crippen LogP contribution in [0, 0.1) is 0 Å². The highest BCUT2D eigenvalue weighted by atomic mass is 19.4. The van der Waals surface area contributed by atoms with E-state index in [1.807, 2.05) is 0 Å². The Labute approximate surface area is 88.4 Å². The van der Waals surface area contributed by atoms with Gasteiger partial charge < -0.3 is 4.90 Å². The van der Waals surface area contributed by atoms with Crippen LogP contribution in [-0.2, 0) is 4.79 Å². The SMILES string of the molecule is CCC(=O)N(CC(F)(F)F)C(CC)CC. The number of hydrogen-bond donors (Lipinski definition) is 0. The first-order valence-electron chi connectivity index (χ1n) is 5.21. The number of rotatable bonds is 5. The van der Waals surface area contributed by atoms with E-state index in [9.17, 15) is 18.0 Å². The number of halogens is 3. The summed E-state index contributed by atoms with van der Waals surface area (Å²) in [4.78, 5) is 12.3. The van der Waals surface area contributed by atoms with Crippen LogP contribution in [0.3, 0.4) is 0 Å². The zero-order valence-corrected chi connectivity index (χ0v) is 9.40. The van der Waals surface area contributed by atoms with E-state index >= 15 is 0 Å². The number of amides is 1. The lowest BCUT2D eigenvalue weighted by Gasteiger charge is -2.31. The van der Waals surface area contributed by atoms with Gasteiger partial charge in [0, 0.05) is 12.5 Å². The minimum Gasteiger partial charge on any atom is -0.331 e. The van der Waals surface area contributed by atoms with E-state index in [1.54, 1.807) is 20.8 Å². The lowest BCUT2D eigenvalue weighted by molar-refractivity contribution is -0.165. The largest absolute Gasteiger partial charge is 0.406 e. The molecular formula is C10H18F3NO. The number of nitrogens with zero attached hydrogens (tertiary/aromatic N) is 1. The third-order valence-corrected chi connectivity index (χ3v) is 2.36. The molecule has 0 N–H and O–H groups in total. The maximum absolute atomic E-state index is 12.2. The van der Waals surface area contributed by atoms with Crippen molar-refractivity contribution in [2.24, 2.45) is 0 Å². The highest BCUT2D eigenvalue weighted by Crippen LogP contribution is 2.20. The first-order valence-corrected chi connectivity index (χ1v) is 5.21. The molecule has 0 spiro atoms. The smallest absolute Gasteiger partial charge is 0.331 e. The van der Waals surface area contributed by atoms with E-state index in [-0.39, 0.29) is 12.5 Å². The number of hydrogen-bond acceptors (Lipinski definition) is 1. The zero-order chi connectivity index (χ0) is 12.1. The molecule has 1 amide bonds. The molecule has 0 saturated carbocycles. The second-order valence-electron chi connectivity index (χ2n) is 3.46. The lowest BCUT2D eigenvalue weighted by Crippen LogP contribution is -2.45. The fourth-order valence-electron chi connectivity index (χ4n) is 1.55. The minimum absolute atomic E-state index is 0.118. The maximum atomic E-state index is 12.2. The van der Waals surface area contributed by atoms with E-state index < -0.39 is 18.6 Å². The van der Waals surface area contributed by atoms with Crippen molar-refractivity contribution in [3.63, 3.8) is 0 Å². The van der Waals surface area contributed by atoms with Crippen molar-refractivity contribution in [1.82, 2.24) is 4.90 Å². The molecule has 0 aliphatic carbocycles.